The average Bonchev–Trinajstić information content (AvgIpc) is 2.63. The van der Waals surface area contributed by atoms with Gasteiger partial charge in [0.25, 0.3) is 0 Å². The van der Waals surface area contributed by atoms with E-state index in [1.54, 1.807) is 0 Å². The second-order valence-electron chi connectivity index (χ2n) is 4.67. The van der Waals surface area contributed by atoms with Crippen molar-refractivity contribution in [2.45, 2.75) is 64.1 Å². The highest BCUT2D eigenvalue weighted by molar-refractivity contribution is 4.87. The summed E-state index contributed by atoms with van der Waals surface area (Å²) in [5.74, 6) is 0. The summed E-state index contributed by atoms with van der Waals surface area (Å²) in [6, 6.07) is 0. The van der Waals surface area contributed by atoms with Crippen molar-refractivity contribution < 1.29 is 24.4 Å². The molecule has 0 saturated carbocycles. The molecule has 1 saturated heterocycles. The van der Waals surface area contributed by atoms with E-state index in [-0.39, 0.29) is 6.10 Å². The molecule has 0 spiro atoms. The van der Waals surface area contributed by atoms with E-state index >= 15 is 0 Å². The van der Waals surface area contributed by atoms with Gasteiger partial charge in [-0.05, 0) is 12.8 Å². The van der Waals surface area contributed by atoms with E-state index in [9.17, 15) is 10.2 Å². The Bertz CT molecular complexity index is 212. The smallest absolute Gasteiger partial charge is 0.184 e. The van der Waals surface area contributed by atoms with Gasteiger partial charge in [0.05, 0.1) is 6.61 Å². The highest BCUT2D eigenvalue weighted by atomic mass is 16.7. The Morgan fingerprint density at radius 2 is 1.72 bits per heavy atom. The Kier molecular flexibility index (Phi) is 7.77. The van der Waals surface area contributed by atoms with Gasteiger partial charge in [0.15, 0.2) is 6.29 Å². The number of hydrogen-bond acceptors (Lipinski definition) is 5. The molecule has 0 aromatic carbocycles. The molecular formula is C13H26O5. The van der Waals surface area contributed by atoms with Crippen molar-refractivity contribution in [2.24, 2.45) is 0 Å². The molecule has 0 radical (unpaired) electrons. The van der Waals surface area contributed by atoms with Crippen LogP contribution in [0, 0.1) is 0 Å². The fourth-order valence-corrected chi connectivity index (χ4v) is 1.87. The zero-order valence-electron chi connectivity index (χ0n) is 11.4. The van der Waals surface area contributed by atoms with Gasteiger partial charge in [-0.1, -0.05) is 26.7 Å². The lowest BCUT2D eigenvalue weighted by atomic mass is 10.1. The number of aliphatic hydroxyl groups is 2. The van der Waals surface area contributed by atoms with Crippen LogP contribution in [0.2, 0.25) is 0 Å². The lowest BCUT2D eigenvalue weighted by Gasteiger charge is -2.20. The van der Waals surface area contributed by atoms with Gasteiger partial charge in [-0.15, -0.1) is 0 Å². The molecule has 2 N–H and O–H groups in total. The van der Waals surface area contributed by atoms with Gasteiger partial charge in [-0.3, -0.25) is 0 Å². The summed E-state index contributed by atoms with van der Waals surface area (Å²) in [5.41, 5.74) is 0. The summed E-state index contributed by atoms with van der Waals surface area (Å²) in [7, 11) is 0. The van der Waals surface area contributed by atoms with E-state index in [1.807, 2.05) is 0 Å². The number of rotatable bonds is 9. The van der Waals surface area contributed by atoms with Crippen molar-refractivity contribution in [2.75, 3.05) is 19.8 Å². The lowest BCUT2D eigenvalue weighted by Crippen LogP contribution is -2.37. The van der Waals surface area contributed by atoms with Crippen molar-refractivity contribution in [3.8, 4) is 0 Å². The monoisotopic (exact) mass is 262 g/mol. The Morgan fingerprint density at radius 3 is 2.39 bits per heavy atom. The zero-order valence-corrected chi connectivity index (χ0v) is 11.4. The van der Waals surface area contributed by atoms with Gasteiger partial charge >= 0.3 is 0 Å². The summed E-state index contributed by atoms with van der Waals surface area (Å²) in [5, 5.41) is 19.3. The minimum atomic E-state index is -1.17. The van der Waals surface area contributed by atoms with E-state index in [0.717, 1.165) is 25.7 Å². The van der Waals surface area contributed by atoms with Crippen LogP contribution in [0.15, 0.2) is 0 Å². The Labute approximate surface area is 109 Å². The van der Waals surface area contributed by atoms with E-state index in [1.165, 1.54) is 0 Å². The molecule has 0 aromatic heterocycles. The average molecular weight is 262 g/mol. The van der Waals surface area contributed by atoms with Crippen molar-refractivity contribution in [1.82, 2.24) is 0 Å². The highest BCUT2D eigenvalue weighted by Gasteiger charge is 2.43. The molecular weight excluding hydrogens is 236 g/mol. The van der Waals surface area contributed by atoms with E-state index in [4.69, 9.17) is 14.2 Å². The molecule has 108 valence electrons. The van der Waals surface area contributed by atoms with Crippen LogP contribution in [0.25, 0.3) is 0 Å². The molecule has 0 aliphatic carbocycles. The van der Waals surface area contributed by atoms with Crippen LogP contribution in [0.5, 0.6) is 0 Å². The van der Waals surface area contributed by atoms with Gasteiger partial charge in [-0.25, -0.2) is 0 Å². The van der Waals surface area contributed by atoms with Crippen LogP contribution >= 0.6 is 0 Å². The summed E-state index contributed by atoms with van der Waals surface area (Å²) in [6.07, 6.45) is 1.01. The van der Waals surface area contributed by atoms with E-state index in [2.05, 4.69) is 13.8 Å². The second-order valence-corrected chi connectivity index (χ2v) is 4.67. The molecule has 1 fully saturated rings. The number of unbranched alkanes of at least 4 members (excludes halogenated alkanes) is 2. The van der Waals surface area contributed by atoms with Crippen molar-refractivity contribution in [1.29, 1.82) is 0 Å². The SMILES string of the molecule is CCCCOC[C@H]1O[C@H](O)[C@H](O)[C@@H]1OCCCC. The normalized spacial score (nSPS) is 32.0. The van der Waals surface area contributed by atoms with Crippen molar-refractivity contribution in [3.05, 3.63) is 0 Å². The third kappa shape index (κ3) is 4.82. The van der Waals surface area contributed by atoms with Gasteiger partial charge in [0, 0.05) is 13.2 Å². The summed E-state index contributed by atoms with van der Waals surface area (Å²) >= 11 is 0. The molecule has 0 amide bonds. The van der Waals surface area contributed by atoms with Crippen molar-refractivity contribution >= 4 is 0 Å². The molecule has 1 aliphatic heterocycles. The standard InChI is InChI=1S/C13H26O5/c1-3-5-7-16-9-10-12(17-8-6-4-2)11(14)13(15)18-10/h10-15H,3-9H2,1-2H3/t10-,11-,12-,13+/m1/s1. The van der Waals surface area contributed by atoms with Gasteiger partial charge in [-0.2, -0.15) is 0 Å². The number of ether oxygens (including phenoxy) is 3. The first-order chi connectivity index (χ1) is 8.70. The van der Waals surface area contributed by atoms with Crippen LogP contribution < -0.4 is 0 Å². The molecule has 1 aliphatic rings. The molecule has 5 heteroatoms. The molecule has 0 bridgehead atoms. The minimum absolute atomic E-state index is 0.352. The lowest BCUT2D eigenvalue weighted by molar-refractivity contribution is -0.137. The first kappa shape index (κ1) is 15.9. The predicted molar refractivity (Wildman–Crippen MR) is 67.3 cm³/mol. The van der Waals surface area contributed by atoms with Crippen LogP contribution in [0.4, 0.5) is 0 Å². The predicted octanol–water partition coefficient (Wildman–Crippen LogP) is 1.07. The molecule has 0 aromatic rings. The molecule has 18 heavy (non-hydrogen) atoms. The molecule has 1 heterocycles. The summed E-state index contributed by atoms with van der Waals surface area (Å²) < 4.78 is 16.3. The maximum absolute atomic E-state index is 9.77. The fourth-order valence-electron chi connectivity index (χ4n) is 1.87. The first-order valence-electron chi connectivity index (χ1n) is 6.91. The number of aliphatic hydroxyl groups excluding tert-OH is 2. The second kappa shape index (κ2) is 8.82. The minimum Gasteiger partial charge on any atom is -0.385 e. The zero-order chi connectivity index (χ0) is 13.4. The Hall–Kier alpha value is -0.200. The van der Waals surface area contributed by atoms with Crippen LogP contribution in [0.1, 0.15) is 39.5 Å². The third-order valence-electron chi connectivity index (χ3n) is 3.04. The van der Waals surface area contributed by atoms with Crippen LogP contribution in [-0.4, -0.2) is 54.6 Å². The third-order valence-corrected chi connectivity index (χ3v) is 3.04. The summed E-state index contributed by atoms with van der Waals surface area (Å²) in [4.78, 5) is 0. The molecule has 5 nitrogen and oxygen atoms in total. The number of hydrogen-bond donors (Lipinski definition) is 2. The summed E-state index contributed by atoms with van der Waals surface area (Å²) in [6.45, 7) is 5.76. The maximum Gasteiger partial charge on any atom is 0.184 e. The quantitative estimate of drug-likeness (QED) is 0.608. The first-order valence-corrected chi connectivity index (χ1v) is 6.91. The maximum atomic E-state index is 9.77. The topological polar surface area (TPSA) is 68.2 Å². The largest absolute Gasteiger partial charge is 0.385 e. The van der Waals surface area contributed by atoms with E-state index in [0.29, 0.717) is 19.8 Å². The van der Waals surface area contributed by atoms with Crippen LogP contribution in [-0.2, 0) is 14.2 Å². The van der Waals surface area contributed by atoms with Gasteiger partial charge in [0.1, 0.15) is 18.3 Å². The van der Waals surface area contributed by atoms with E-state index < -0.39 is 18.5 Å². The van der Waals surface area contributed by atoms with Gasteiger partial charge in [0.2, 0.25) is 0 Å². The van der Waals surface area contributed by atoms with Crippen molar-refractivity contribution in [3.63, 3.8) is 0 Å². The molecule has 0 unspecified atom stereocenters. The van der Waals surface area contributed by atoms with Gasteiger partial charge < -0.3 is 24.4 Å². The molecule has 4 atom stereocenters. The van der Waals surface area contributed by atoms with Crippen LogP contribution in [0.3, 0.4) is 0 Å². The fraction of sp³-hybridized carbons (Fsp3) is 1.00. The Morgan fingerprint density at radius 1 is 1.06 bits per heavy atom. The highest BCUT2D eigenvalue weighted by Crippen LogP contribution is 2.23. The Balaban J connectivity index is 2.32. The molecule has 1 rings (SSSR count).